The van der Waals surface area contributed by atoms with E-state index in [4.69, 9.17) is 4.52 Å². The minimum absolute atomic E-state index is 0.278. The number of carbonyl (C=O) groups is 1. The van der Waals surface area contributed by atoms with E-state index >= 15 is 0 Å². The van der Waals surface area contributed by atoms with Crippen molar-refractivity contribution in [2.75, 3.05) is 32.7 Å². The Labute approximate surface area is 143 Å². The largest absolute Gasteiger partial charge is 0.357 e. The van der Waals surface area contributed by atoms with E-state index in [-0.39, 0.29) is 5.91 Å². The van der Waals surface area contributed by atoms with Gasteiger partial charge in [-0.25, -0.2) is 0 Å². The minimum atomic E-state index is 0.278. The molecule has 1 fully saturated rings. The molecule has 1 aromatic rings. The van der Waals surface area contributed by atoms with Gasteiger partial charge in [0.15, 0.2) is 11.8 Å². The Morgan fingerprint density at radius 3 is 2.92 bits per heavy atom. The van der Waals surface area contributed by atoms with Crippen molar-refractivity contribution in [1.82, 2.24) is 25.7 Å². The molecule has 24 heavy (non-hydrogen) atoms. The molecule has 2 heterocycles. The molecule has 8 nitrogen and oxygen atoms in total. The first-order valence-electron chi connectivity index (χ1n) is 8.78. The molecule has 134 valence electrons. The second-order valence-electron chi connectivity index (χ2n) is 5.86. The molecule has 2 rings (SSSR count). The number of nitrogens with one attached hydrogen (secondary N) is 2. The lowest BCUT2D eigenvalue weighted by molar-refractivity contribution is -0.127. The van der Waals surface area contributed by atoms with Gasteiger partial charge in [-0.1, -0.05) is 5.16 Å². The molecule has 0 bridgehead atoms. The summed E-state index contributed by atoms with van der Waals surface area (Å²) in [5.41, 5.74) is 0. The Bertz CT molecular complexity index is 542. The number of likely N-dealkylation sites (tertiary alicyclic amines) is 1. The normalized spacial score (nSPS) is 15.2. The van der Waals surface area contributed by atoms with E-state index in [0.717, 1.165) is 57.8 Å². The molecular weight excluding hydrogens is 308 g/mol. The van der Waals surface area contributed by atoms with Crippen molar-refractivity contribution in [1.29, 1.82) is 0 Å². The Morgan fingerprint density at radius 2 is 2.25 bits per heavy atom. The summed E-state index contributed by atoms with van der Waals surface area (Å²) in [6.07, 6.45) is 4.24. The fourth-order valence-electron chi connectivity index (χ4n) is 2.62. The van der Waals surface area contributed by atoms with Crippen molar-refractivity contribution in [3.63, 3.8) is 0 Å². The molecule has 1 aromatic heterocycles. The number of aliphatic imine (C=N–C) groups is 1. The predicted octanol–water partition coefficient (Wildman–Crippen LogP) is 0.878. The van der Waals surface area contributed by atoms with Crippen molar-refractivity contribution in [3.05, 3.63) is 11.7 Å². The number of aromatic nitrogens is 2. The molecule has 0 aromatic carbocycles. The van der Waals surface area contributed by atoms with Crippen LogP contribution in [0.1, 0.15) is 44.3 Å². The molecule has 0 saturated carbocycles. The van der Waals surface area contributed by atoms with Crippen LogP contribution in [0.25, 0.3) is 0 Å². The van der Waals surface area contributed by atoms with Gasteiger partial charge in [-0.15, -0.1) is 0 Å². The Hall–Kier alpha value is -2.12. The number of hydrogen-bond donors (Lipinski definition) is 2. The van der Waals surface area contributed by atoms with Crippen molar-refractivity contribution in [3.8, 4) is 0 Å². The van der Waals surface area contributed by atoms with Crippen LogP contribution in [0.15, 0.2) is 9.52 Å². The molecule has 0 spiro atoms. The van der Waals surface area contributed by atoms with Gasteiger partial charge in [0.2, 0.25) is 11.8 Å². The highest BCUT2D eigenvalue weighted by Gasteiger charge is 2.18. The number of aryl methyl sites for hydroxylation is 2. The molecular formula is C16H28N6O2. The van der Waals surface area contributed by atoms with Gasteiger partial charge in [0.1, 0.15) is 0 Å². The molecule has 1 amide bonds. The minimum Gasteiger partial charge on any atom is -0.357 e. The van der Waals surface area contributed by atoms with E-state index in [1.807, 2.05) is 18.7 Å². The summed E-state index contributed by atoms with van der Waals surface area (Å²) in [6, 6.07) is 0. The summed E-state index contributed by atoms with van der Waals surface area (Å²) >= 11 is 0. The molecule has 1 aliphatic rings. The van der Waals surface area contributed by atoms with E-state index in [1.165, 1.54) is 0 Å². The van der Waals surface area contributed by atoms with Crippen LogP contribution in [0, 0.1) is 6.92 Å². The lowest BCUT2D eigenvalue weighted by atomic mass is 10.3. The van der Waals surface area contributed by atoms with E-state index < -0.39 is 0 Å². The summed E-state index contributed by atoms with van der Waals surface area (Å²) in [6.45, 7) is 7.88. The zero-order chi connectivity index (χ0) is 17.2. The highest BCUT2D eigenvalue weighted by atomic mass is 16.5. The van der Waals surface area contributed by atoms with Gasteiger partial charge >= 0.3 is 0 Å². The van der Waals surface area contributed by atoms with Gasteiger partial charge in [-0.05, 0) is 33.1 Å². The first-order valence-corrected chi connectivity index (χ1v) is 8.78. The van der Waals surface area contributed by atoms with Gasteiger partial charge in [0.25, 0.3) is 0 Å². The maximum absolute atomic E-state index is 11.5. The lowest BCUT2D eigenvalue weighted by Crippen LogP contribution is -2.38. The first-order chi connectivity index (χ1) is 11.7. The molecule has 1 aliphatic heterocycles. The molecule has 1 saturated heterocycles. The Kier molecular flexibility index (Phi) is 7.51. The van der Waals surface area contributed by atoms with Crippen LogP contribution >= 0.6 is 0 Å². The maximum Gasteiger partial charge on any atom is 0.226 e. The predicted molar refractivity (Wildman–Crippen MR) is 91.8 cm³/mol. The van der Waals surface area contributed by atoms with Crippen LogP contribution in [-0.2, 0) is 11.2 Å². The van der Waals surface area contributed by atoms with Crippen molar-refractivity contribution in [2.45, 2.75) is 46.0 Å². The van der Waals surface area contributed by atoms with Gasteiger partial charge < -0.3 is 20.1 Å². The van der Waals surface area contributed by atoms with Gasteiger partial charge in [0, 0.05) is 45.6 Å². The number of carbonyl (C=O) groups excluding carboxylic acids is 1. The number of nitrogens with zero attached hydrogens (tertiary/aromatic N) is 4. The summed E-state index contributed by atoms with van der Waals surface area (Å²) in [5, 5.41) is 10.3. The summed E-state index contributed by atoms with van der Waals surface area (Å²) in [7, 11) is 0. The molecule has 2 N–H and O–H groups in total. The molecule has 8 heteroatoms. The SMILES string of the molecule is CCNC(=NCCCN1CCCC1=O)NCCCc1nc(C)no1. The Morgan fingerprint density at radius 1 is 1.38 bits per heavy atom. The van der Waals surface area contributed by atoms with Crippen LogP contribution < -0.4 is 10.6 Å². The molecule has 0 atom stereocenters. The Balaban J connectivity index is 1.63. The number of amides is 1. The lowest BCUT2D eigenvalue weighted by Gasteiger charge is -2.15. The summed E-state index contributed by atoms with van der Waals surface area (Å²) in [4.78, 5) is 22.2. The van der Waals surface area contributed by atoms with Crippen LogP contribution in [0.3, 0.4) is 0 Å². The third-order valence-corrected chi connectivity index (χ3v) is 3.80. The van der Waals surface area contributed by atoms with Gasteiger partial charge in [0.05, 0.1) is 0 Å². The second-order valence-corrected chi connectivity index (χ2v) is 5.86. The molecule has 0 unspecified atom stereocenters. The summed E-state index contributed by atoms with van der Waals surface area (Å²) < 4.78 is 5.09. The monoisotopic (exact) mass is 336 g/mol. The van der Waals surface area contributed by atoms with Crippen molar-refractivity contribution < 1.29 is 9.32 Å². The smallest absolute Gasteiger partial charge is 0.226 e. The van der Waals surface area contributed by atoms with Crippen LogP contribution in [0.2, 0.25) is 0 Å². The number of guanidine groups is 1. The fourth-order valence-corrected chi connectivity index (χ4v) is 2.62. The van der Waals surface area contributed by atoms with E-state index in [2.05, 4.69) is 25.8 Å². The third-order valence-electron chi connectivity index (χ3n) is 3.80. The van der Waals surface area contributed by atoms with Gasteiger partial charge in [-0.3, -0.25) is 9.79 Å². The zero-order valence-electron chi connectivity index (χ0n) is 14.7. The van der Waals surface area contributed by atoms with Gasteiger partial charge in [-0.2, -0.15) is 4.98 Å². The van der Waals surface area contributed by atoms with Crippen LogP contribution in [0.5, 0.6) is 0 Å². The highest BCUT2D eigenvalue weighted by molar-refractivity contribution is 5.79. The maximum atomic E-state index is 11.5. The third kappa shape index (κ3) is 6.17. The fraction of sp³-hybridized carbons (Fsp3) is 0.750. The zero-order valence-corrected chi connectivity index (χ0v) is 14.7. The molecule has 0 radical (unpaired) electrons. The number of rotatable bonds is 9. The van der Waals surface area contributed by atoms with Crippen LogP contribution in [0.4, 0.5) is 0 Å². The average Bonchev–Trinajstić information content (AvgIpc) is 3.16. The second kappa shape index (κ2) is 9.89. The first kappa shape index (κ1) is 18.2. The molecule has 0 aliphatic carbocycles. The van der Waals surface area contributed by atoms with E-state index in [1.54, 1.807) is 0 Å². The van der Waals surface area contributed by atoms with Crippen molar-refractivity contribution >= 4 is 11.9 Å². The standard InChI is InChI=1S/C16H28N6O2/c1-3-17-16(18-9-4-7-14-20-13(2)21-24-14)19-10-6-12-22-11-5-8-15(22)23/h3-12H2,1-2H3,(H2,17,18,19). The van der Waals surface area contributed by atoms with Crippen LogP contribution in [-0.4, -0.2) is 59.6 Å². The van der Waals surface area contributed by atoms with E-state index in [0.29, 0.717) is 24.7 Å². The van der Waals surface area contributed by atoms with Crippen molar-refractivity contribution in [2.24, 2.45) is 4.99 Å². The quantitative estimate of drug-likeness (QED) is 0.395. The number of hydrogen-bond acceptors (Lipinski definition) is 5. The summed E-state index contributed by atoms with van der Waals surface area (Å²) in [5.74, 6) is 2.43. The topological polar surface area (TPSA) is 95.7 Å². The van der Waals surface area contributed by atoms with E-state index in [9.17, 15) is 4.79 Å². The average molecular weight is 336 g/mol. The highest BCUT2D eigenvalue weighted by Crippen LogP contribution is 2.09.